The molecule has 0 fully saturated rings. The highest BCUT2D eigenvalue weighted by Crippen LogP contribution is 2.34. The number of benzene rings is 1. The second-order valence-electron chi connectivity index (χ2n) is 5.68. The molecule has 0 bridgehead atoms. The Kier molecular flexibility index (Phi) is 11.1. The molecule has 1 aromatic rings. The fraction of sp³-hybridized carbons (Fsp3) is 0.579. The van der Waals surface area contributed by atoms with Gasteiger partial charge in [0.1, 0.15) is 0 Å². The van der Waals surface area contributed by atoms with E-state index in [2.05, 4.69) is 36.7 Å². The van der Waals surface area contributed by atoms with Crippen LogP contribution in [0.15, 0.2) is 24.5 Å². The Morgan fingerprint density at radius 1 is 1.08 bits per heavy atom. The largest absolute Gasteiger partial charge is 0.471 e. The van der Waals surface area contributed by atoms with Crippen LogP contribution in [0, 0.1) is 0 Å². The quantitative estimate of drug-likeness (QED) is 0.429. The molecule has 1 aromatic carbocycles. The SMILES string of the molecule is CCCC1OC(CBr)OC=C1c1ccc(Cl)cc1Cl.CCCCC. The summed E-state index contributed by atoms with van der Waals surface area (Å²) in [6.07, 6.45) is 7.55. The fourth-order valence-corrected chi connectivity index (χ4v) is 3.21. The molecule has 0 aliphatic carbocycles. The van der Waals surface area contributed by atoms with Crippen LogP contribution in [0.25, 0.3) is 5.57 Å². The van der Waals surface area contributed by atoms with Gasteiger partial charge in [0.15, 0.2) is 0 Å². The number of hydrogen-bond donors (Lipinski definition) is 0. The van der Waals surface area contributed by atoms with Crippen molar-refractivity contribution in [1.29, 1.82) is 0 Å². The van der Waals surface area contributed by atoms with E-state index in [-0.39, 0.29) is 12.4 Å². The molecule has 2 rings (SSSR count). The summed E-state index contributed by atoms with van der Waals surface area (Å²) in [4.78, 5) is 0. The van der Waals surface area contributed by atoms with Gasteiger partial charge in [-0.15, -0.1) is 0 Å². The summed E-state index contributed by atoms with van der Waals surface area (Å²) < 4.78 is 11.4. The van der Waals surface area contributed by atoms with E-state index in [9.17, 15) is 0 Å². The Hall–Kier alpha value is -0.220. The zero-order chi connectivity index (χ0) is 17.9. The zero-order valence-electron chi connectivity index (χ0n) is 14.7. The normalized spacial score (nSPS) is 19.8. The van der Waals surface area contributed by atoms with E-state index in [1.165, 1.54) is 19.3 Å². The van der Waals surface area contributed by atoms with Crippen LogP contribution in [0.3, 0.4) is 0 Å². The maximum Gasteiger partial charge on any atom is 0.209 e. The highest BCUT2D eigenvalue weighted by molar-refractivity contribution is 9.09. The summed E-state index contributed by atoms with van der Waals surface area (Å²) in [5.41, 5.74) is 1.89. The second kappa shape index (κ2) is 12.2. The Morgan fingerprint density at radius 2 is 1.79 bits per heavy atom. The van der Waals surface area contributed by atoms with Gasteiger partial charge in [0.2, 0.25) is 6.29 Å². The first-order valence-corrected chi connectivity index (χ1v) is 10.5. The molecule has 2 nitrogen and oxygen atoms in total. The predicted molar refractivity (Wildman–Crippen MR) is 108 cm³/mol. The van der Waals surface area contributed by atoms with Crippen molar-refractivity contribution in [2.75, 3.05) is 5.33 Å². The predicted octanol–water partition coefficient (Wildman–Crippen LogP) is 7.47. The lowest BCUT2D eigenvalue weighted by molar-refractivity contribution is -0.124. The van der Waals surface area contributed by atoms with Gasteiger partial charge in [-0.3, -0.25) is 0 Å². The van der Waals surface area contributed by atoms with Gasteiger partial charge in [0.25, 0.3) is 0 Å². The van der Waals surface area contributed by atoms with Gasteiger partial charge in [0.05, 0.1) is 17.7 Å². The van der Waals surface area contributed by atoms with Gasteiger partial charge in [-0.2, -0.15) is 0 Å². The van der Waals surface area contributed by atoms with E-state index in [0.29, 0.717) is 15.4 Å². The Morgan fingerprint density at radius 3 is 2.29 bits per heavy atom. The summed E-state index contributed by atoms with van der Waals surface area (Å²) in [5.74, 6) is 0. The van der Waals surface area contributed by atoms with E-state index in [1.54, 1.807) is 12.3 Å². The van der Waals surface area contributed by atoms with Crippen LogP contribution in [-0.2, 0) is 9.47 Å². The van der Waals surface area contributed by atoms with Crippen LogP contribution in [0.1, 0.15) is 58.4 Å². The smallest absolute Gasteiger partial charge is 0.209 e. The lowest BCUT2D eigenvalue weighted by atomic mass is 9.98. The summed E-state index contributed by atoms with van der Waals surface area (Å²) in [5, 5.41) is 1.88. The molecule has 0 N–H and O–H groups in total. The highest BCUT2D eigenvalue weighted by atomic mass is 79.9. The zero-order valence-corrected chi connectivity index (χ0v) is 17.8. The summed E-state index contributed by atoms with van der Waals surface area (Å²) in [6, 6.07) is 5.46. The highest BCUT2D eigenvalue weighted by Gasteiger charge is 2.27. The van der Waals surface area contributed by atoms with Crippen LogP contribution in [0.4, 0.5) is 0 Å². The molecule has 0 radical (unpaired) electrons. The Balaban J connectivity index is 0.000000505. The molecule has 2 atom stereocenters. The van der Waals surface area contributed by atoms with Crippen LogP contribution in [0.2, 0.25) is 10.0 Å². The van der Waals surface area contributed by atoms with Crippen molar-refractivity contribution in [3.63, 3.8) is 0 Å². The number of hydrogen-bond acceptors (Lipinski definition) is 2. The first kappa shape index (κ1) is 21.8. The lowest BCUT2D eigenvalue weighted by Crippen LogP contribution is -2.30. The van der Waals surface area contributed by atoms with Crippen molar-refractivity contribution in [1.82, 2.24) is 0 Å². The van der Waals surface area contributed by atoms with Crippen LogP contribution in [-0.4, -0.2) is 17.7 Å². The third-order valence-corrected chi connectivity index (χ3v) is 4.71. The molecular formula is C19H27BrCl2O2. The third kappa shape index (κ3) is 6.95. The van der Waals surface area contributed by atoms with Gasteiger partial charge in [-0.25, -0.2) is 0 Å². The molecule has 2 unspecified atom stereocenters. The molecule has 0 aromatic heterocycles. The molecule has 24 heavy (non-hydrogen) atoms. The molecule has 0 saturated carbocycles. The number of ether oxygens (including phenoxy) is 2. The van der Waals surface area contributed by atoms with Gasteiger partial charge >= 0.3 is 0 Å². The van der Waals surface area contributed by atoms with E-state index in [0.717, 1.165) is 24.0 Å². The maximum absolute atomic E-state index is 6.25. The Bertz CT molecular complexity index is 518. The van der Waals surface area contributed by atoms with Crippen LogP contribution in [0.5, 0.6) is 0 Å². The van der Waals surface area contributed by atoms with Crippen molar-refractivity contribution < 1.29 is 9.47 Å². The van der Waals surface area contributed by atoms with Crippen molar-refractivity contribution in [2.24, 2.45) is 0 Å². The Labute approximate surface area is 164 Å². The first-order valence-electron chi connectivity index (χ1n) is 8.59. The molecule has 1 heterocycles. The van der Waals surface area contributed by atoms with Crippen LogP contribution >= 0.6 is 39.1 Å². The third-order valence-electron chi connectivity index (χ3n) is 3.64. The van der Waals surface area contributed by atoms with Crippen molar-refractivity contribution in [2.45, 2.75) is 65.3 Å². The van der Waals surface area contributed by atoms with E-state index >= 15 is 0 Å². The molecular weight excluding hydrogens is 411 g/mol. The van der Waals surface area contributed by atoms with Crippen molar-refractivity contribution in [3.8, 4) is 0 Å². The average Bonchev–Trinajstić information content (AvgIpc) is 2.57. The molecule has 5 heteroatoms. The monoisotopic (exact) mass is 436 g/mol. The fourth-order valence-electron chi connectivity index (χ4n) is 2.39. The summed E-state index contributed by atoms with van der Waals surface area (Å²) in [7, 11) is 0. The molecule has 0 saturated heterocycles. The van der Waals surface area contributed by atoms with Gasteiger partial charge in [-0.05, 0) is 18.6 Å². The van der Waals surface area contributed by atoms with Crippen molar-refractivity contribution >= 4 is 44.7 Å². The maximum atomic E-state index is 6.25. The summed E-state index contributed by atoms with van der Waals surface area (Å²) in [6.45, 7) is 6.55. The van der Waals surface area contributed by atoms with Gasteiger partial charge < -0.3 is 9.47 Å². The summed E-state index contributed by atoms with van der Waals surface area (Å²) >= 11 is 15.5. The number of unbranched alkanes of at least 4 members (excludes halogenated alkanes) is 2. The number of rotatable bonds is 6. The molecule has 136 valence electrons. The topological polar surface area (TPSA) is 18.5 Å². The lowest BCUT2D eigenvalue weighted by Gasteiger charge is -2.30. The van der Waals surface area contributed by atoms with Gasteiger partial charge in [-0.1, -0.05) is 91.7 Å². The number of halogens is 3. The number of alkyl halides is 1. The minimum atomic E-state index is -0.244. The molecule has 1 aliphatic heterocycles. The molecule has 1 aliphatic rings. The molecule has 0 amide bonds. The minimum Gasteiger partial charge on any atom is -0.471 e. The second-order valence-corrected chi connectivity index (χ2v) is 7.18. The molecule has 0 spiro atoms. The first-order chi connectivity index (χ1) is 11.6. The average molecular weight is 438 g/mol. The standard InChI is InChI=1S/C14H15BrCl2O2.C5H12/c1-2-3-13-11(8-18-14(7-15)19-13)10-5-4-9(16)6-12(10)17;1-3-5-4-2/h4-6,8,13-14H,2-3,7H2,1H3;3-5H2,1-2H3. The van der Waals surface area contributed by atoms with Crippen LogP contribution < -0.4 is 0 Å². The van der Waals surface area contributed by atoms with Crippen molar-refractivity contribution in [3.05, 3.63) is 40.1 Å². The van der Waals surface area contributed by atoms with E-state index in [1.807, 2.05) is 12.1 Å². The van der Waals surface area contributed by atoms with E-state index in [4.69, 9.17) is 32.7 Å². The minimum absolute atomic E-state index is 0.0000227. The van der Waals surface area contributed by atoms with E-state index < -0.39 is 0 Å². The van der Waals surface area contributed by atoms with Gasteiger partial charge in [0, 0.05) is 21.2 Å².